The van der Waals surface area contributed by atoms with Crippen LogP contribution >= 0.6 is 0 Å². The van der Waals surface area contributed by atoms with E-state index in [-0.39, 0.29) is 6.42 Å². The van der Waals surface area contributed by atoms with E-state index >= 15 is 0 Å². The van der Waals surface area contributed by atoms with Gasteiger partial charge in [-0.2, -0.15) is 0 Å². The van der Waals surface area contributed by atoms with Crippen LogP contribution in [0.15, 0.2) is 11.6 Å². The van der Waals surface area contributed by atoms with Crippen LogP contribution in [-0.4, -0.2) is 23.7 Å². The van der Waals surface area contributed by atoms with Crippen molar-refractivity contribution in [2.75, 3.05) is 6.61 Å². The lowest BCUT2D eigenvalue weighted by molar-refractivity contribution is -0.142. The Balaban J connectivity index is 3.91. The summed E-state index contributed by atoms with van der Waals surface area (Å²) < 4.78 is 4.62. The SMILES string of the molecule is CCOC(=O)C/C(C)=C/C(=O)O. The molecule has 0 rings (SSSR count). The number of ether oxygens (including phenoxy) is 1. The molecule has 0 heterocycles. The lowest BCUT2D eigenvalue weighted by Crippen LogP contribution is -2.04. The Morgan fingerprint density at radius 1 is 1.50 bits per heavy atom. The summed E-state index contributed by atoms with van der Waals surface area (Å²) in [6.45, 7) is 3.60. The van der Waals surface area contributed by atoms with E-state index in [0.29, 0.717) is 12.2 Å². The second-order valence-corrected chi connectivity index (χ2v) is 2.31. The number of rotatable bonds is 4. The molecule has 0 saturated carbocycles. The predicted octanol–water partition coefficient (Wildman–Crippen LogP) is 0.970. The van der Waals surface area contributed by atoms with E-state index in [2.05, 4.69) is 4.74 Å². The largest absolute Gasteiger partial charge is 0.478 e. The number of carbonyl (C=O) groups excluding carboxylic acids is 1. The minimum absolute atomic E-state index is 0.0418. The van der Waals surface area contributed by atoms with Crippen molar-refractivity contribution >= 4 is 11.9 Å². The minimum Gasteiger partial charge on any atom is -0.478 e. The summed E-state index contributed by atoms with van der Waals surface area (Å²) in [5.74, 6) is -1.44. The van der Waals surface area contributed by atoms with Gasteiger partial charge in [0.1, 0.15) is 0 Å². The molecule has 0 unspecified atom stereocenters. The zero-order valence-electron chi connectivity index (χ0n) is 7.16. The highest BCUT2D eigenvalue weighted by molar-refractivity contribution is 5.82. The first-order valence-corrected chi connectivity index (χ1v) is 3.62. The minimum atomic E-state index is -1.04. The smallest absolute Gasteiger partial charge is 0.328 e. The molecule has 1 N–H and O–H groups in total. The van der Waals surface area contributed by atoms with Crippen LogP contribution in [0.5, 0.6) is 0 Å². The Hall–Kier alpha value is -1.32. The van der Waals surface area contributed by atoms with E-state index < -0.39 is 11.9 Å². The van der Waals surface area contributed by atoms with Crippen molar-refractivity contribution in [3.8, 4) is 0 Å². The lowest BCUT2D eigenvalue weighted by atomic mass is 10.2. The van der Waals surface area contributed by atoms with Gasteiger partial charge in [0.05, 0.1) is 13.0 Å². The molecule has 0 atom stereocenters. The van der Waals surface area contributed by atoms with Gasteiger partial charge >= 0.3 is 11.9 Å². The summed E-state index contributed by atoms with van der Waals surface area (Å²) in [6, 6.07) is 0. The molecule has 0 aromatic carbocycles. The highest BCUT2D eigenvalue weighted by Gasteiger charge is 2.03. The number of aliphatic carboxylic acids is 1. The van der Waals surface area contributed by atoms with Gasteiger partial charge in [0.15, 0.2) is 0 Å². The van der Waals surface area contributed by atoms with Crippen LogP contribution in [-0.2, 0) is 14.3 Å². The van der Waals surface area contributed by atoms with Gasteiger partial charge in [-0.3, -0.25) is 4.79 Å². The molecular weight excluding hydrogens is 160 g/mol. The van der Waals surface area contributed by atoms with Crippen LogP contribution in [0, 0.1) is 0 Å². The third-order valence-corrected chi connectivity index (χ3v) is 1.10. The van der Waals surface area contributed by atoms with E-state index in [4.69, 9.17) is 5.11 Å². The van der Waals surface area contributed by atoms with Gasteiger partial charge in [-0.25, -0.2) is 4.79 Å². The molecule has 0 aliphatic heterocycles. The van der Waals surface area contributed by atoms with Crippen molar-refractivity contribution < 1.29 is 19.4 Å². The van der Waals surface area contributed by atoms with E-state index in [1.54, 1.807) is 13.8 Å². The van der Waals surface area contributed by atoms with E-state index in [1.807, 2.05) is 0 Å². The van der Waals surface area contributed by atoms with Crippen molar-refractivity contribution in [3.63, 3.8) is 0 Å². The number of carbonyl (C=O) groups is 2. The van der Waals surface area contributed by atoms with E-state index in [0.717, 1.165) is 6.08 Å². The molecule has 0 radical (unpaired) electrons. The van der Waals surface area contributed by atoms with Gasteiger partial charge in [0.25, 0.3) is 0 Å². The van der Waals surface area contributed by atoms with Crippen molar-refractivity contribution in [1.29, 1.82) is 0 Å². The molecule has 0 saturated heterocycles. The van der Waals surface area contributed by atoms with Crippen LogP contribution in [0.1, 0.15) is 20.3 Å². The van der Waals surface area contributed by atoms with Crippen molar-refractivity contribution in [2.24, 2.45) is 0 Å². The fraction of sp³-hybridized carbons (Fsp3) is 0.500. The molecule has 0 bridgehead atoms. The monoisotopic (exact) mass is 172 g/mol. The third-order valence-electron chi connectivity index (χ3n) is 1.10. The number of carboxylic acid groups (broad SMARTS) is 1. The van der Waals surface area contributed by atoms with Crippen LogP contribution in [0.2, 0.25) is 0 Å². The van der Waals surface area contributed by atoms with Gasteiger partial charge in [0.2, 0.25) is 0 Å². The molecular formula is C8H12O4. The Labute approximate surface area is 70.8 Å². The third kappa shape index (κ3) is 5.46. The zero-order valence-corrected chi connectivity index (χ0v) is 7.16. The summed E-state index contributed by atoms with van der Waals surface area (Å²) in [5, 5.41) is 8.30. The standard InChI is InChI=1S/C8H12O4/c1-3-12-8(11)5-6(2)4-7(9)10/h4H,3,5H2,1-2H3,(H,9,10)/b6-4+. The Kier molecular flexibility index (Phi) is 4.76. The highest BCUT2D eigenvalue weighted by atomic mass is 16.5. The maximum Gasteiger partial charge on any atom is 0.328 e. The molecule has 0 fully saturated rings. The Bertz CT molecular complexity index is 205. The van der Waals surface area contributed by atoms with Crippen molar-refractivity contribution in [3.05, 3.63) is 11.6 Å². The number of esters is 1. The fourth-order valence-electron chi connectivity index (χ4n) is 0.702. The normalized spacial score (nSPS) is 11.0. The average Bonchev–Trinajstić information content (AvgIpc) is 1.84. The predicted molar refractivity (Wildman–Crippen MR) is 42.6 cm³/mol. The zero-order chi connectivity index (χ0) is 9.56. The topological polar surface area (TPSA) is 63.6 Å². The Morgan fingerprint density at radius 3 is 2.50 bits per heavy atom. The maximum atomic E-state index is 10.8. The first kappa shape index (κ1) is 10.7. The Morgan fingerprint density at radius 2 is 2.08 bits per heavy atom. The molecule has 0 aromatic heterocycles. The number of hydrogen-bond acceptors (Lipinski definition) is 3. The molecule has 12 heavy (non-hydrogen) atoms. The number of carboxylic acids is 1. The molecule has 0 spiro atoms. The second kappa shape index (κ2) is 5.35. The van der Waals surface area contributed by atoms with Gasteiger partial charge in [0, 0.05) is 6.08 Å². The maximum absolute atomic E-state index is 10.8. The van der Waals surface area contributed by atoms with Crippen molar-refractivity contribution in [1.82, 2.24) is 0 Å². The average molecular weight is 172 g/mol. The molecule has 0 amide bonds. The summed E-state index contributed by atoms with van der Waals surface area (Å²) in [7, 11) is 0. The molecule has 4 nitrogen and oxygen atoms in total. The van der Waals surface area contributed by atoms with Crippen molar-refractivity contribution in [2.45, 2.75) is 20.3 Å². The molecule has 0 aliphatic rings. The molecule has 68 valence electrons. The van der Waals surface area contributed by atoms with Crippen LogP contribution in [0.3, 0.4) is 0 Å². The molecule has 0 aliphatic carbocycles. The quantitative estimate of drug-likeness (QED) is 0.507. The van der Waals surface area contributed by atoms with Crippen LogP contribution in [0.25, 0.3) is 0 Å². The van der Waals surface area contributed by atoms with Gasteiger partial charge in [-0.05, 0) is 13.8 Å². The summed E-state index contributed by atoms with van der Waals surface area (Å²) in [4.78, 5) is 20.9. The van der Waals surface area contributed by atoms with Gasteiger partial charge < -0.3 is 9.84 Å². The first-order valence-electron chi connectivity index (χ1n) is 3.62. The molecule has 4 heteroatoms. The summed E-state index contributed by atoms with van der Waals surface area (Å²) in [6.07, 6.45) is 1.04. The first-order chi connectivity index (χ1) is 5.56. The molecule has 0 aromatic rings. The van der Waals surface area contributed by atoms with E-state index in [1.165, 1.54) is 0 Å². The summed E-state index contributed by atoms with van der Waals surface area (Å²) >= 11 is 0. The fourth-order valence-corrected chi connectivity index (χ4v) is 0.702. The van der Waals surface area contributed by atoms with Gasteiger partial charge in [-0.1, -0.05) is 5.57 Å². The van der Waals surface area contributed by atoms with Crippen LogP contribution < -0.4 is 0 Å². The van der Waals surface area contributed by atoms with E-state index in [9.17, 15) is 9.59 Å². The van der Waals surface area contributed by atoms with Gasteiger partial charge in [-0.15, -0.1) is 0 Å². The lowest BCUT2D eigenvalue weighted by Gasteiger charge is -2.00. The number of hydrogen-bond donors (Lipinski definition) is 1. The van der Waals surface area contributed by atoms with Crippen LogP contribution in [0.4, 0.5) is 0 Å². The summed E-state index contributed by atoms with van der Waals surface area (Å²) in [5.41, 5.74) is 0.487. The highest BCUT2D eigenvalue weighted by Crippen LogP contribution is 2.00. The second-order valence-electron chi connectivity index (χ2n) is 2.31.